The van der Waals surface area contributed by atoms with Crippen molar-refractivity contribution in [3.05, 3.63) is 53.6 Å². The zero-order valence-electron chi connectivity index (χ0n) is 21.7. The van der Waals surface area contributed by atoms with Gasteiger partial charge in [-0.05, 0) is 62.2 Å². The van der Waals surface area contributed by atoms with E-state index in [0.717, 1.165) is 5.56 Å². The molecular weight excluding hydrogens is 504 g/mol. The van der Waals surface area contributed by atoms with E-state index in [-0.39, 0.29) is 50.0 Å². The molecular formula is C27H30N6O6. The predicted octanol–water partition coefficient (Wildman–Crippen LogP) is 2.45. The Balaban J connectivity index is 1.73. The van der Waals surface area contributed by atoms with Crippen molar-refractivity contribution in [2.45, 2.75) is 39.3 Å². The molecule has 2 aromatic carbocycles. The largest absolute Gasteiger partial charge is 0.493 e. The minimum Gasteiger partial charge on any atom is -0.493 e. The van der Waals surface area contributed by atoms with E-state index in [1.807, 2.05) is 6.07 Å². The van der Waals surface area contributed by atoms with Crippen molar-refractivity contribution in [2.75, 3.05) is 30.4 Å². The maximum absolute atomic E-state index is 12.9. The number of aromatic hydroxyl groups is 1. The Bertz CT molecular complexity index is 1370. The number of anilines is 2. The van der Waals surface area contributed by atoms with Gasteiger partial charge in [-0.15, -0.1) is 0 Å². The normalized spacial score (nSPS) is 11.3. The van der Waals surface area contributed by atoms with Crippen LogP contribution >= 0.6 is 0 Å². The van der Waals surface area contributed by atoms with Crippen molar-refractivity contribution in [2.24, 2.45) is 0 Å². The van der Waals surface area contributed by atoms with Crippen LogP contribution in [0.2, 0.25) is 0 Å². The lowest BCUT2D eigenvalue weighted by atomic mass is 10.1. The first-order chi connectivity index (χ1) is 18.7. The molecule has 0 aliphatic rings. The van der Waals surface area contributed by atoms with Crippen LogP contribution in [0.1, 0.15) is 42.6 Å². The van der Waals surface area contributed by atoms with Crippen molar-refractivity contribution >= 4 is 40.4 Å². The van der Waals surface area contributed by atoms with Gasteiger partial charge in [-0.3, -0.25) is 9.59 Å². The highest BCUT2D eigenvalue weighted by Crippen LogP contribution is 2.25. The van der Waals surface area contributed by atoms with Crippen LogP contribution in [0.15, 0.2) is 42.5 Å². The van der Waals surface area contributed by atoms with Crippen LogP contribution in [-0.4, -0.2) is 58.7 Å². The van der Waals surface area contributed by atoms with E-state index in [2.05, 4.69) is 21.4 Å². The SMILES string of the molecule is CCOC(=O)CC[C@H](NC(=O)c1ccc(N(CC#N)Cc2ccc3nc(N)nc(O)c3c2)cc1)C(=O)OCC. The van der Waals surface area contributed by atoms with Gasteiger partial charge in [-0.2, -0.15) is 10.2 Å². The lowest BCUT2D eigenvalue weighted by Gasteiger charge is -2.22. The summed E-state index contributed by atoms with van der Waals surface area (Å²) in [6, 6.07) is 12.9. The summed E-state index contributed by atoms with van der Waals surface area (Å²) in [5, 5.41) is 22.6. The number of nitrogens with zero attached hydrogens (tertiary/aromatic N) is 4. The minimum absolute atomic E-state index is 0.0319. The molecule has 0 bridgehead atoms. The van der Waals surface area contributed by atoms with Gasteiger partial charge in [0.05, 0.1) is 30.2 Å². The van der Waals surface area contributed by atoms with Gasteiger partial charge in [0.15, 0.2) is 0 Å². The van der Waals surface area contributed by atoms with Gasteiger partial charge in [0.25, 0.3) is 5.91 Å². The number of hydrogen-bond acceptors (Lipinski definition) is 11. The van der Waals surface area contributed by atoms with E-state index in [1.165, 1.54) is 0 Å². The number of hydrogen-bond donors (Lipinski definition) is 3. The molecule has 3 rings (SSSR count). The third-order valence-corrected chi connectivity index (χ3v) is 5.71. The number of nitriles is 1. The molecule has 39 heavy (non-hydrogen) atoms. The van der Waals surface area contributed by atoms with Crippen LogP contribution < -0.4 is 16.0 Å². The second-order valence-corrected chi connectivity index (χ2v) is 8.44. The Morgan fingerprint density at radius 2 is 1.82 bits per heavy atom. The molecule has 12 nitrogen and oxygen atoms in total. The molecule has 0 unspecified atom stereocenters. The number of carbonyl (C=O) groups excluding carboxylic acids is 3. The minimum atomic E-state index is -1.01. The Kier molecular flexibility index (Phi) is 9.97. The first-order valence-electron chi connectivity index (χ1n) is 12.4. The highest BCUT2D eigenvalue weighted by atomic mass is 16.5. The van der Waals surface area contributed by atoms with E-state index in [0.29, 0.717) is 23.1 Å². The molecule has 1 aromatic heterocycles. The van der Waals surface area contributed by atoms with Crippen LogP contribution in [-0.2, 0) is 25.6 Å². The van der Waals surface area contributed by atoms with Crippen LogP contribution in [0.3, 0.4) is 0 Å². The monoisotopic (exact) mass is 534 g/mol. The van der Waals surface area contributed by atoms with Gasteiger partial charge >= 0.3 is 11.9 Å². The molecule has 3 aromatic rings. The zero-order valence-corrected chi connectivity index (χ0v) is 21.7. The number of benzene rings is 2. The van der Waals surface area contributed by atoms with Crippen LogP contribution in [0, 0.1) is 11.3 Å². The average Bonchev–Trinajstić information content (AvgIpc) is 2.91. The summed E-state index contributed by atoms with van der Waals surface area (Å²) in [7, 11) is 0. The number of amides is 1. The average molecular weight is 535 g/mol. The van der Waals surface area contributed by atoms with Crippen molar-refractivity contribution in [3.8, 4) is 11.9 Å². The summed E-state index contributed by atoms with van der Waals surface area (Å²) < 4.78 is 9.93. The number of carbonyl (C=O) groups is 3. The first kappa shape index (κ1) is 28.6. The Labute approximate surface area is 225 Å². The fourth-order valence-electron chi connectivity index (χ4n) is 3.87. The molecule has 0 spiro atoms. The Morgan fingerprint density at radius 3 is 2.49 bits per heavy atom. The molecule has 204 valence electrons. The number of rotatable bonds is 12. The second kappa shape index (κ2) is 13.6. The van der Waals surface area contributed by atoms with Gasteiger partial charge in [0.1, 0.15) is 12.6 Å². The summed E-state index contributed by atoms with van der Waals surface area (Å²) in [4.78, 5) is 46.6. The number of fused-ring (bicyclic) bond motifs is 1. The van der Waals surface area contributed by atoms with E-state index in [1.54, 1.807) is 55.1 Å². The molecule has 1 atom stereocenters. The van der Waals surface area contributed by atoms with Gasteiger partial charge in [0.2, 0.25) is 11.8 Å². The molecule has 12 heteroatoms. The molecule has 0 aliphatic carbocycles. The highest BCUT2D eigenvalue weighted by Gasteiger charge is 2.24. The van der Waals surface area contributed by atoms with Crippen molar-refractivity contribution < 1.29 is 29.0 Å². The summed E-state index contributed by atoms with van der Waals surface area (Å²) in [5.41, 5.74) is 7.84. The third-order valence-electron chi connectivity index (χ3n) is 5.71. The molecule has 0 saturated carbocycles. The maximum Gasteiger partial charge on any atom is 0.328 e. The molecule has 4 N–H and O–H groups in total. The lowest BCUT2D eigenvalue weighted by molar-refractivity contribution is -0.146. The van der Waals surface area contributed by atoms with Gasteiger partial charge in [0, 0.05) is 24.2 Å². The lowest BCUT2D eigenvalue weighted by Crippen LogP contribution is -2.42. The molecule has 0 fully saturated rings. The highest BCUT2D eigenvalue weighted by molar-refractivity contribution is 5.97. The third kappa shape index (κ3) is 7.78. The number of aromatic nitrogens is 2. The number of nitrogens with two attached hydrogens (primary N) is 1. The quantitative estimate of drug-likeness (QED) is 0.229. The Hall–Kier alpha value is -4.92. The summed E-state index contributed by atoms with van der Waals surface area (Å²) >= 11 is 0. The fraction of sp³-hybridized carbons (Fsp3) is 0.333. The van der Waals surface area contributed by atoms with Crippen LogP contribution in [0.4, 0.5) is 11.6 Å². The molecule has 0 radical (unpaired) electrons. The molecule has 1 amide bonds. The maximum atomic E-state index is 12.9. The van der Waals surface area contributed by atoms with E-state index in [9.17, 15) is 24.8 Å². The van der Waals surface area contributed by atoms with E-state index in [4.69, 9.17) is 15.2 Å². The van der Waals surface area contributed by atoms with Gasteiger partial charge in [-0.25, -0.2) is 9.78 Å². The molecule has 1 heterocycles. The van der Waals surface area contributed by atoms with Crippen LogP contribution in [0.5, 0.6) is 5.88 Å². The number of nitrogen functional groups attached to an aromatic ring is 1. The second-order valence-electron chi connectivity index (χ2n) is 8.44. The van der Waals surface area contributed by atoms with Crippen molar-refractivity contribution in [3.63, 3.8) is 0 Å². The summed E-state index contributed by atoms with van der Waals surface area (Å²) in [5.74, 6) is -1.89. The standard InChI is InChI=1S/C27H30N6O6/c1-3-38-23(34)12-11-22(26(37)39-4-2)30-24(35)18-6-8-19(9-7-18)33(14-13-28)16-17-5-10-21-20(15-17)25(36)32-27(29)31-21/h5-10,15,22H,3-4,11-12,14,16H2,1-2H3,(H,30,35)(H3,29,31,32,36)/t22-/m0/s1. The summed E-state index contributed by atoms with van der Waals surface area (Å²) in [6.07, 6.45) is -0.0118. The summed E-state index contributed by atoms with van der Waals surface area (Å²) in [6.45, 7) is 4.08. The van der Waals surface area contributed by atoms with Crippen LogP contribution in [0.25, 0.3) is 10.9 Å². The van der Waals surface area contributed by atoms with Gasteiger partial charge < -0.3 is 30.5 Å². The van der Waals surface area contributed by atoms with Crippen molar-refractivity contribution in [1.29, 1.82) is 5.26 Å². The van der Waals surface area contributed by atoms with E-state index < -0.39 is 23.9 Å². The molecule has 0 saturated heterocycles. The topological polar surface area (TPSA) is 181 Å². The van der Waals surface area contributed by atoms with Gasteiger partial charge in [-0.1, -0.05) is 6.07 Å². The Morgan fingerprint density at radius 1 is 1.10 bits per heavy atom. The smallest absolute Gasteiger partial charge is 0.328 e. The van der Waals surface area contributed by atoms with Crippen molar-refractivity contribution in [1.82, 2.24) is 15.3 Å². The predicted molar refractivity (Wildman–Crippen MR) is 142 cm³/mol. The first-order valence-corrected chi connectivity index (χ1v) is 12.4. The van der Waals surface area contributed by atoms with E-state index >= 15 is 0 Å². The fourth-order valence-corrected chi connectivity index (χ4v) is 3.87. The zero-order chi connectivity index (χ0) is 28.4. The number of esters is 2. The number of nitrogens with one attached hydrogen (secondary N) is 1. The number of ether oxygens (including phenoxy) is 2. The molecule has 0 aliphatic heterocycles.